The number of aliphatic hydroxyl groups is 1. The van der Waals surface area contributed by atoms with Crippen molar-refractivity contribution in [2.75, 3.05) is 19.7 Å². The zero-order chi connectivity index (χ0) is 9.10. The molecule has 2 heterocycles. The summed E-state index contributed by atoms with van der Waals surface area (Å²) in [5.74, 6) is 0. The molecule has 72 valence electrons. The maximum Gasteiger partial charge on any atom is 0.0624 e. The number of hydrogen-bond acceptors (Lipinski definition) is 2. The van der Waals surface area contributed by atoms with Crippen molar-refractivity contribution >= 4 is 0 Å². The van der Waals surface area contributed by atoms with Crippen molar-refractivity contribution in [1.29, 1.82) is 0 Å². The molecule has 2 saturated heterocycles. The first-order valence-corrected chi connectivity index (χ1v) is 5.25. The third kappa shape index (κ3) is 0.767. The first-order chi connectivity index (χ1) is 6.22. The molecule has 3 fully saturated rings. The largest absolute Gasteiger partial charge is 0.394 e. The minimum Gasteiger partial charge on any atom is -0.394 e. The highest BCUT2D eigenvalue weighted by Gasteiger charge is 2.66. The number of aliphatic hydroxyl groups excluding tert-OH is 1. The lowest BCUT2D eigenvalue weighted by atomic mass is 9.80. The van der Waals surface area contributed by atoms with Crippen LogP contribution in [0.3, 0.4) is 0 Å². The van der Waals surface area contributed by atoms with Gasteiger partial charge in [-0.1, -0.05) is 12.2 Å². The van der Waals surface area contributed by atoms with Gasteiger partial charge in [-0.25, -0.2) is 0 Å². The highest BCUT2D eigenvalue weighted by Crippen LogP contribution is 2.65. The van der Waals surface area contributed by atoms with Crippen LogP contribution in [0.25, 0.3) is 0 Å². The van der Waals surface area contributed by atoms with Crippen molar-refractivity contribution in [1.82, 2.24) is 4.90 Å². The van der Waals surface area contributed by atoms with E-state index in [2.05, 4.69) is 11.5 Å². The van der Waals surface area contributed by atoms with Gasteiger partial charge >= 0.3 is 0 Å². The van der Waals surface area contributed by atoms with Gasteiger partial charge in [0.15, 0.2) is 0 Å². The molecule has 2 heteroatoms. The molecule has 3 rings (SSSR count). The van der Waals surface area contributed by atoms with Gasteiger partial charge in [-0.15, -0.1) is 0 Å². The smallest absolute Gasteiger partial charge is 0.0624 e. The molecule has 0 aromatic carbocycles. The summed E-state index contributed by atoms with van der Waals surface area (Å²) >= 11 is 0. The fraction of sp³-hybridized carbons (Fsp3) is 0.818. The molecule has 1 saturated carbocycles. The molecule has 0 unspecified atom stereocenters. The Labute approximate surface area is 79.2 Å². The molecule has 0 bridgehead atoms. The lowest BCUT2D eigenvalue weighted by Crippen LogP contribution is -2.47. The highest BCUT2D eigenvalue weighted by atomic mass is 16.3. The summed E-state index contributed by atoms with van der Waals surface area (Å²) in [5.41, 5.74) is 1.92. The van der Waals surface area contributed by atoms with Crippen molar-refractivity contribution in [3.8, 4) is 0 Å². The van der Waals surface area contributed by atoms with E-state index >= 15 is 0 Å². The van der Waals surface area contributed by atoms with Gasteiger partial charge in [0.1, 0.15) is 0 Å². The van der Waals surface area contributed by atoms with Crippen LogP contribution in [-0.4, -0.2) is 35.2 Å². The fourth-order valence-corrected chi connectivity index (χ4v) is 3.59. The summed E-state index contributed by atoms with van der Waals surface area (Å²) < 4.78 is 0. The second kappa shape index (κ2) is 2.18. The van der Waals surface area contributed by atoms with Crippen LogP contribution in [0.15, 0.2) is 12.2 Å². The summed E-state index contributed by atoms with van der Waals surface area (Å²) in [6, 6.07) is 0. The van der Waals surface area contributed by atoms with Crippen LogP contribution in [0.4, 0.5) is 0 Å². The van der Waals surface area contributed by atoms with Gasteiger partial charge in [0, 0.05) is 6.54 Å². The summed E-state index contributed by atoms with van der Waals surface area (Å²) in [6.07, 6.45) is 5.01. The van der Waals surface area contributed by atoms with E-state index in [4.69, 9.17) is 0 Å². The molecule has 0 aromatic rings. The molecule has 0 aromatic heterocycles. The minimum absolute atomic E-state index is 0.115. The Balaban J connectivity index is 2.01. The monoisotopic (exact) mass is 179 g/mol. The molecule has 1 N–H and O–H groups in total. The van der Waals surface area contributed by atoms with Crippen molar-refractivity contribution in [2.24, 2.45) is 5.41 Å². The Morgan fingerprint density at radius 3 is 2.77 bits per heavy atom. The van der Waals surface area contributed by atoms with Crippen molar-refractivity contribution < 1.29 is 5.11 Å². The summed E-state index contributed by atoms with van der Waals surface area (Å²) in [5, 5.41) is 9.64. The van der Waals surface area contributed by atoms with Crippen LogP contribution in [-0.2, 0) is 0 Å². The maximum absolute atomic E-state index is 9.64. The maximum atomic E-state index is 9.64. The van der Waals surface area contributed by atoms with Crippen LogP contribution < -0.4 is 0 Å². The second-order valence-corrected chi connectivity index (χ2v) is 5.07. The zero-order valence-electron chi connectivity index (χ0n) is 8.05. The van der Waals surface area contributed by atoms with Gasteiger partial charge in [0.2, 0.25) is 0 Å². The van der Waals surface area contributed by atoms with E-state index < -0.39 is 0 Å². The number of nitrogens with zero attached hydrogens (tertiary/aromatic N) is 1. The topological polar surface area (TPSA) is 23.5 Å². The highest BCUT2D eigenvalue weighted by molar-refractivity contribution is 5.27. The zero-order valence-corrected chi connectivity index (χ0v) is 8.05. The second-order valence-electron chi connectivity index (χ2n) is 5.07. The molecular formula is C11H17NO. The number of fused-ring (bicyclic) bond motifs is 2. The predicted octanol–water partition coefficient (Wildman–Crippen LogP) is 1.16. The predicted molar refractivity (Wildman–Crippen MR) is 51.4 cm³/mol. The average molecular weight is 179 g/mol. The molecule has 0 radical (unpaired) electrons. The van der Waals surface area contributed by atoms with E-state index in [1.165, 1.54) is 31.4 Å². The summed E-state index contributed by atoms with van der Waals surface area (Å²) in [4.78, 5) is 2.47. The SMILES string of the molecule is C=C1CN2CCC3(CC3)[C@@]2(CO)C1. The molecule has 2 nitrogen and oxygen atoms in total. The molecule has 13 heavy (non-hydrogen) atoms. The van der Waals surface area contributed by atoms with E-state index in [-0.39, 0.29) is 5.54 Å². The third-order valence-electron chi connectivity index (χ3n) is 4.52. The molecule has 1 atom stereocenters. The van der Waals surface area contributed by atoms with E-state index in [0.29, 0.717) is 12.0 Å². The Morgan fingerprint density at radius 1 is 1.38 bits per heavy atom. The molecule has 2 aliphatic heterocycles. The lowest BCUT2D eigenvalue weighted by molar-refractivity contribution is 0.0574. The normalized spacial score (nSPS) is 41.5. The third-order valence-corrected chi connectivity index (χ3v) is 4.52. The van der Waals surface area contributed by atoms with Crippen molar-refractivity contribution in [3.05, 3.63) is 12.2 Å². The van der Waals surface area contributed by atoms with Gasteiger partial charge in [0.25, 0.3) is 0 Å². The summed E-state index contributed by atoms with van der Waals surface area (Å²) in [6.45, 7) is 6.62. The van der Waals surface area contributed by atoms with Crippen LogP contribution in [0.1, 0.15) is 25.7 Å². The van der Waals surface area contributed by atoms with E-state index in [9.17, 15) is 5.11 Å². The Kier molecular flexibility index (Phi) is 1.34. The van der Waals surface area contributed by atoms with Crippen LogP contribution in [0, 0.1) is 5.41 Å². The van der Waals surface area contributed by atoms with Gasteiger partial charge in [-0.05, 0) is 37.6 Å². The van der Waals surface area contributed by atoms with Crippen LogP contribution in [0.5, 0.6) is 0 Å². The standard InChI is InChI=1S/C11H17NO/c1-9-6-11(8-13)10(2-3-10)4-5-12(11)7-9/h13H,1-8H2/t11-/m0/s1. The molecular weight excluding hydrogens is 162 g/mol. The molecule has 1 aliphatic carbocycles. The lowest BCUT2D eigenvalue weighted by Gasteiger charge is -2.35. The quantitative estimate of drug-likeness (QED) is 0.611. The van der Waals surface area contributed by atoms with Gasteiger partial charge < -0.3 is 5.11 Å². The Hall–Kier alpha value is -0.340. The van der Waals surface area contributed by atoms with Crippen LogP contribution >= 0.6 is 0 Å². The van der Waals surface area contributed by atoms with Gasteiger partial charge in [0.05, 0.1) is 12.1 Å². The minimum atomic E-state index is 0.115. The van der Waals surface area contributed by atoms with Crippen molar-refractivity contribution in [2.45, 2.75) is 31.2 Å². The van der Waals surface area contributed by atoms with Gasteiger partial charge in [-0.3, -0.25) is 4.90 Å². The fourth-order valence-electron chi connectivity index (χ4n) is 3.59. The average Bonchev–Trinajstić information content (AvgIpc) is 2.75. The van der Waals surface area contributed by atoms with Crippen molar-refractivity contribution in [3.63, 3.8) is 0 Å². The van der Waals surface area contributed by atoms with Crippen LogP contribution in [0.2, 0.25) is 0 Å². The molecule has 1 spiro atoms. The summed E-state index contributed by atoms with van der Waals surface area (Å²) in [7, 11) is 0. The van der Waals surface area contributed by atoms with E-state index in [0.717, 1.165) is 13.0 Å². The van der Waals surface area contributed by atoms with Gasteiger partial charge in [-0.2, -0.15) is 0 Å². The molecule has 0 amide bonds. The van der Waals surface area contributed by atoms with E-state index in [1.54, 1.807) is 0 Å². The van der Waals surface area contributed by atoms with E-state index in [1.807, 2.05) is 0 Å². The number of rotatable bonds is 1. The Bertz CT molecular complexity index is 269. The first kappa shape index (κ1) is 8.01. The Morgan fingerprint density at radius 2 is 2.15 bits per heavy atom. The first-order valence-electron chi connectivity index (χ1n) is 5.25. The molecule has 3 aliphatic rings. The number of hydrogen-bond donors (Lipinski definition) is 1.